The molecule has 1 aromatic rings. The standard InChI is InChI=1S/C19H27N3O4S/c1-18(2,3)14-10-15(23)22-11-13(12-27-17(22)20-14)16(24)21-6-4-19(5-7-21)25-8-9-26-19/h10,13H,4-9,11-12H2,1-3H3/t13-/m0/s1. The molecule has 0 unspecified atom stereocenters. The molecule has 3 aliphatic rings. The van der Waals surface area contributed by atoms with Gasteiger partial charge >= 0.3 is 0 Å². The lowest BCUT2D eigenvalue weighted by Gasteiger charge is -2.39. The van der Waals surface area contributed by atoms with Crippen molar-refractivity contribution in [2.75, 3.05) is 32.1 Å². The molecule has 4 rings (SSSR count). The number of carbonyl (C=O) groups excluding carboxylic acids is 1. The molecule has 148 valence electrons. The van der Waals surface area contributed by atoms with E-state index in [4.69, 9.17) is 9.47 Å². The van der Waals surface area contributed by atoms with Gasteiger partial charge in [-0.3, -0.25) is 14.2 Å². The van der Waals surface area contributed by atoms with Crippen LogP contribution in [-0.4, -0.2) is 58.2 Å². The van der Waals surface area contributed by atoms with Gasteiger partial charge in [0.15, 0.2) is 10.9 Å². The highest BCUT2D eigenvalue weighted by atomic mass is 32.2. The second-order valence-electron chi connectivity index (χ2n) is 8.56. The predicted octanol–water partition coefficient (Wildman–Crippen LogP) is 1.63. The van der Waals surface area contributed by atoms with E-state index < -0.39 is 5.79 Å². The summed E-state index contributed by atoms with van der Waals surface area (Å²) in [6, 6.07) is 1.61. The molecule has 1 spiro atoms. The summed E-state index contributed by atoms with van der Waals surface area (Å²) in [6.07, 6.45) is 1.43. The van der Waals surface area contributed by atoms with Crippen molar-refractivity contribution >= 4 is 17.7 Å². The molecule has 2 saturated heterocycles. The fourth-order valence-corrected chi connectivity index (χ4v) is 4.94. The number of nitrogens with zero attached hydrogens (tertiary/aromatic N) is 3. The summed E-state index contributed by atoms with van der Waals surface area (Å²) < 4.78 is 13.1. The Kier molecular flexibility index (Phi) is 4.84. The fourth-order valence-electron chi connectivity index (χ4n) is 3.86. The van der Waals surface area contributed by atoms with Crippen LogP contribution >= 0.6 is 11.8 Å². The van der Waals surface area contributed by atoms with Crippen LogP contribution in [0.15, 0.2) is 16.0 Å². The highest BCUT2D eigenvalue weighted by Crippen LogP contribution is 2.33. The summed E-state index contributed by atoms with van der Waals surface area (Å²) >= 11 is 1.51. The first-order valence-corrected chi connectivity index (χ1v) is 10.6. The molecule has 0 saturated carbocycles. The SMILES string of the molecule is CC(C)(C)c1cc(=O)n2c(n1)SC[C@@H](C(=O)N1CCC3(CC1)OCCO3)C2. The average molecular weight is 394 g/mol. The smallest absolute Gasteiger partial charge is 0.254 e. The zero-order valence-corrected chi connectivity index (χ0v) is 17.0. The summed E-state index contributed by atoms with van der Waals surface area (Å²) in [5.74, 6) is 0.109. The quantitative estimate of drug-likeness (QED) is 0.675. The molecule has 27 heavy (non-hydrogen) atoms. The van der Waals surface area contributed by atoms with Gasteiger partial charge in [0.25, 0.3) is 5.56 Å². The minimum atomic E-state index is -0.477. The predicted molar refractivity (Wildman–Crippen MR) is 102 cm³/mol. The number of hydrogen-bond acceptors (Lipinski definition) is 6. The second kappa shape index (κ2) is 6.90. The number of aromatic nitrogens is 2. The Morgan fingerprint density at radius 1 is 1.26 bits per heavy atom. The number of carbonyl (C=O) groups is 1. The van der Waals surface area contributed by atoms with E-state index in [1.807, 2.05) is 25.7 Å². The van der Waals surface area contributed by atoms with Crippen molar-refractivity contribution in [1.82, 2.24) is 14.5 Å². The third kappa shape index (κ3) is 3.67. The molecule has 3 aliphatic heterocycles. The Labute approximate surface area is 163 Å². The van der Waals surface area contributed by atoms with Crippen LogP contribution in [0, 0.1) is 5.92 Å². The number of likely N-dealkylation sites (tertiary alicyclic amines) is 1. The van der Waals surface area contributed by atoms with Crippen molar-refractivity contribution in [3.05, 3.63) is 22.1 Å². The van der Waals surface area contributed by atoms with E-state index in [0.717, 1.165) is 10.9 Å². The van der Waals surface area contributed by atoms with Gasteiger partial charge in [0.05, 0.1) is 24.8 Å². The summed E-state index contributed by atoms with van der Waals surface area (Å²) in [5, 5.41) is 0.724. The molecule has 1 amide bonds. The van der Waals surface area contributed by atoms with Crippen molar-refractivity contribution < 1.29 is 14.3 Å². The van der Waals surface area contributed by atoms with Gasteiger partial charge in [0, 0.05) is 49.7 Å². The second-order valence-corrected chi connectivity index (χ2v) is 9.55. The molecule has 0 radical (unpaired) electrons. The van der Waals surface area contributed by atoms with E-state index in [1.54, 1.807) is 10.6 Å². The van der Waals surface area contributed by atoms with E-state index in [0.29, 0.717) is 51.4 Å². The van der Waals surface area contributed by atoms with E-state index in [1.165, 1.54) is 11.8 Å². The van der Waals surface area contributed by atoms with Crippen molar-refractivity contribution in [2.24, 2.45) is 5.92 Å². The van der Waals surface area contributed by atoms with Crippen molar-refractivity contribution in [2.45, 2.75) is 56.5 Å². The lowest BCUT2D eigenvalue weighted by Crippen LogP contribution is -2.50. The monoisotopic (exact) mass is 393 g/mol. The summed E-state index contributed by atoms with van der Waals surface area (Å²) in [4.78, 5) is 32.2. The van der Waals surface area contributed by atoms with Gasteiger partial charge in [-0.2, -0.15) is 0 Å². The van der Waals surface area contributed by atoms with Gasteiger partial charge in [0.2, 0.25) is 5.91 Å². The van der Waals surface area contributed by atoms with Crippen molar-refractivity contribution in [1.29, 1.82) is 0 Å². The highest BCUT2D eigenvalue weighted by molar-refractivity contribution is 7.99. The van der Waals surface area contributed by atoms with E-state index >= 15 is 0 Å². The first-order chi connectivity index (χ1) is 12.8. The Morgan fingerprint density at radius 2 is 1.93 bits per heavy atom. The molecular formula is C19H27N3O4S. The van der Waals surface area contributed by atoms with Gasteiger partial charge in [-0.25, -0.2) is 4.98 Å². The highest BCUT2D eigenvalue weighted by Gasteiger charge is 2.42. The topological polar surface area (TPSA) is 73.7 Å². The number of piperidine rings is 1. The maximum absolute atomic E-state index is 13.0. The molecule has 1 atom stereocenters. The zero-order chi connectivity index (χ0) is 19.2. The average Bonchev–Trinajstić information content (AvgIpc) is 3.09. The van der Waals surface area contributed by atoms with E-state index in [-0.39, 0.29) is 22.8 Å². The van der Waals surface area contributed by atoms with Crippen molar-refractivity contribution in [3.63, 3.8) is 0 Å². The first-order valence-electron chi connectivity index (χ1n) is 9.59. The Balaban J connectivity index is 1.45. The zero-order valence-electron chi connectivity index (χ0n) is 16.2. The van der Waals surface area contributed by atoms with Gasteiger partial charge in [-0.15, -0.1) is 0 Å². The van der Waals surface area contributed by atoms with Gasteiger partial charge in [0.1, 0.15) is 0 Å². The van der Waals surface area contributed by atoms with Gasteiger partial charge < -0.3 is 14.4 Å². The van der Waals surface area contributed by atoms with Gasteiger partial charge in [-0.1, -0.05) is 32.5 Å². The Hall–Kier alpha value is -1.38. The van der Waals surface area contributed by atoms with Crippen LogP contribution in [0.1, 0.15) is 39.3 Å². The molecule has 7 nitrogen and oxygen atoms in total. The molecule has 8 heteroatoms. The summed E-state index contributed by atoms with van der Waals surface area (Å²) in [5.41, 5.74) is 0.560. The lowest BCUT2D eigenvalue weighted by atomic mass is 9.92. The number of thioether (sulfide) groups is 1. The number of rotatable bonds is 1. The van der Waals surface area contributed by atoms with Crippen LogP contribution in [0.2, 0.25) is 0 Å². The normalized spacial score (nSPS) is 24.9. The molecule has 0 bridgehead atoms. The van der Waals surface area contributed by atoms with Crippen molar-refractivity contribution in [3.8, 4) is 0 Å². The lowest BCUT2D eigenvalue weighted by molar-refractivity contribution is -0.188. The van der Waals surface area contributed by atoms with Crippen LogP contribution in [0.4, 0.5) is 0 Å². The fraction of sp³-hybridized carbons (Fsp3) is 0.737. The third-order valence-corrected chi connectivity index (χ3v) is 6.70. The maximum Gasteiger partial charge on any atom is 0.254 e. The summed E-state index contributed by atoms with van der Waals surface area (Å²) in [6.45, 7) is 9.11. The Morgan fingerprint density at radius 3 is 2.56 bits per heavy atom. The summed E-state index contributed by atoms with van der Waals surface area (Å²) in [7, 11) is 0. The molecule has 2 fully saturated rings. The van der Waals surface area contributed by atoms with Crippen LogP contribution in [0.25, 0.3) is 0 Å². The molecule has 0 N–H and O–H groups in total. The number of fused-ring (bicyclic) bond motifs is 1. The maximum atomic E-state index is 13.0. The van der Waals surface area contributed by atoms with Crippen LogP contribution in [-0.2, 0) is 26.2 Å². The Bertz CT molecular complexity index is 785. The molecule has 1 aromatic heterocycles. The number of ether oxygens (including phenoxy) is 2. The molecule has 0 aromatic carbocycles. The first kappa shape index (κ1) is 19.0. The third-order valence-electron chi connectivity index (χ3n) is 5.56. The van der Waals surface area contributed by atoms with E-state index in [2.05, 4.69) is 4.98 Å². The van der Waals surface area contributed by atoms with Crippen LogP contribution < -0.4 is 5.56 Å². The van der Waals surface area contributed by atoms with Gasteiger partial charge in [-0.05, 0) is 0 Å². The minimum absolute atomic E-state index is 0.0692. The van der Waals surface area contributed by atoms with Crippen LogP contribution in [0.3, 0.4) is 0 Å². The molecule has 4 heterocycles. The molecule has 0 aliphatic carbocycles. The minimum Gasteiger partial charge on any atom is -0.347 e. The number of amides is 1. The molecular weight excluding hydrogens is 366 g/mol. The number of hydrogen-bond donors (Lipinski definition) is 0. The van der Waals surface area contributed by atoms with Crippen LogP contribution in [0.5, 0.6) is 0 Å². The largest absolute Gasteiger partial charge is 0.347 e. The van der Waals surface area contributed by atoms with E-state index in [9.17, 15) is 9.59 Å².